The van der Waals surface area contributed by atoms with Gasteiger partial charge in [0.15, 0.2) is 0 Å². The lowest BCUT2D eigenvalue weighted by molar-refractivity contribution is -0.138. The van der Waals surface area contributed by atoms with Crippen LogP contribution in [-0.2, 0) is 9.59 Å². The smallest absolute Gasteiger partial charge is 0.305 e. The van der Waals surface area contributed by atoms with Gasteiger partial charge in [-0.2, -0.15) is 0 Å². The maximum Gasteiger partial charge on any atom is 0.305 e. The third-order valence-electron chi connectivity index (χ3n) is 6.41. The number of carbonyl (C=O) groups excluding carboxylic acids is 1. The van der Waals surface area contributed by atoms with E-state index in [2.05, 4.69) is 22.1 Å². The number of pyridine rings is 2. The van der Waals surface area contributed by atoms with E-state index in [4.69, 9.17) is 0 Å². The number of anilines is 1. The molecule has 1 saturated heterocycles. The third-order valence-corrected chi connectivity index (χ3v) is 6.41. The normalized spacial score (nSPS) is 17.9. The van der Waals surface area contributed by atoms with Gasteiger partial charge in [-0.3, -0.25) is 19.4 Å². The minimum Gasteiger partial charge on any atom is -0.481 e. The predicted octanol–water partition coefficient (Wildman–Crippen LogP) is 3.85. The molecule has 8 heteroatoms. The van der Waals surface area contributed by atoms with Gasteiger partial charge in [-0.1, -0.05) is 13.8 Å². The van der Waals surface area contributed by atoms with E-state index in [0.29, 0.717) is 18.0 Å². The molecule has 3 heterocycles. The van der Waals surface area contributed by atoms with Crippen LogP contribution in [-0.4, -0.2) is 39.1 Å². The molecule has 1 amide bonds. The van der Waals surface area contributed by atoms with Crippen LogP contribution in [0.25, 0.3) is 0 Å². The molecule has 2 aromatic heterocycles. The Hall–Kier alpha value is -3.16. The van der Waals surface area contributed by atoms with E-state index in [-0.39, 0.29) is 23.8 Å². The summed E-state index contributed by atoms with van der Waals surface area (Å²) in [6.45, 7) is 8.91. The van der Waals surface area contributed by atoms with Crippen LogP contribution in [0, 0.1) is 12.8 Å². The van der Waals surface area contributed by atoms with Gasteiger partial charge in [0.1, 0.15) is 6.04 Å². The fourth-order valence-corrected chi connectivity index (χ4v) is 4.61. The number of hydrogen-bond donors (Lipinski definition) is 2. The Bertz CT molecular complexity index is 1060. The third kappa shape index (κ3) is 6.46. The molecule has 2 N–H and O–H groups in total. The van der Waals surface area contributed by atoms with Crippen LogP contribution < -0.4 is 15.8 Å². The highest BCUT2D eigenvalue weighted by Crippen LogP contribution is 2.28. The highest BCUT2D eigenvalue weighted by atomic mass is 16.4. The topological polar surface area (TPSA) is 105 Å². The molecule has 1 aliphatic heterocycles. The Labute approximate surface area is 201 Å². The van der Waals surface area contributed by atoms with E-state index in [1.54, 1.807) is 24.7 Å². The first-order chi connectivity index (χ1) is 16.2. The predicted molar refractivity (Wildman–Crippen MR) is 132 cm³/mol. The number of hydrogen-bond acceptors (Lipinski definition) is 5. The summed E-state index contributed by atoms with van der Waals surface area (Å²) in [7, 11) is 0. The number of nitrogens with zero attached hydrogens (tertiary/aromatic N) is 3. The van der Waals surface area contributed by atoms with Crippen LogP contribution >= 0.6 is 0 Å². The number of carboxylic acids is 1. The van der Waals surface area contributed by atoms with E-state index in [0.717, 1.165) is 30.6 Å². The number of aliphatic carboxylic acids is 1. The van der Waals surface area contributed by atoms with Crippen LogP contribution in [0.4, 0.5) is 5.69 Å². The molecule has 0 bridgehead atoms. The first-order valence-electron chi connectivity index (χ1n) is 12.1. The Balaban J connectivity index is 1.90. The summed E-state index contributed by atoms with van der Waals surface area (Å²) in [5.74, 6) is -1.23. The van der Waals surface area contributed by atoms with Crippen molar-refractivity contribution in [3.63, 3.8) is 0 Å². The van der Waals surface area contributed by atoms with Crippen molar-refractivity contribution in [1.29, 1.82) is 0 Å². The summed E-state index contributed by atoms with van der Waals surface area (Å²) in [5, 5.41) is 12.5. The molecule has 184 valence electrons. The highest BCUT2D eigenvalue weighted by molar-refractivity contribution is 5.81. The Kier molecular flexibility index (Phi) is 8.47. The lowest BCUT2D eigenvalue weighted by atomic mass is 9.99. The molecule has 1 fully saturated rings. The Morgan fingerprint density at radius 2 is 2.00 bits per heavy atom. The number of carboxylic acid groups (broad SMARTS) is 1. The number of rotatable bonds is 9. The molecule has 0 spiro atoms. The van der Waals surface area contributed by atoms with Crippen molar-refractivity contribution in [3.05, 3.63) is 58.3 Å². The molecule has 0 radical (unpaired) electrons. The van der Waals surface area contributed by atoms with Gasteiger partial charge in [0.2, 0.25) is 5.91 Å². The molecule has 0 unspecified atom stereocenters. The van der Waals surface area contributed by atoms with Gasteiger partial charge in [-0.25, -0.2) is 0 Å². The lowest BCUT2D eigenvalue weighted by Crippen LogP contribution is -2.40. The van der Waals surface area contributed by atoms with E-state index in [1.807, 2.05) is 26.8 Å². The van der Waals surface area contributed by atoms with Crippen LogP contribution in [0.3, 0.4) is 0 Å². The molecule has 0 aliphatic carbocycles. The van der Waals surface area contributed by atoms with Crippen molar-refractivity contribution in [2.45, 2.75) is 77.9 Å². The number of nitrogens with one attached hydrogen (secondary N) is 1. The van der Waals surface area contributed by atoms with Crippen LogP contribution in [0.1, 0.15) is 76.1 Å². The molecule has 3 atom stereocenters. The zero-order chi connectivity index (χ0) is 24.8. The second-order valence-corrected chi connectivity index (χ2v) is 9.77. The van der Waals surface area contributed by atoms with Gasteiger partial charge in [-0.15, -0.1) is 0 Å². The van der Waals surface area contributed by atoms with Gasteiger partial charge in [0.05, 0.1) is 24.3 Å². The van der Waals surface area contributed by atoms with Gasteiger partial charge in [0.25, 0.3) is 5.56 Å². The van der Waals surface area contributed by atoms with E-state index >= 15 is 0 Å². The van der Waals surface area contributed by atoms with Gasteiger partial charge < -0.3 is 19.9 Å². The summed E-state index contributed by atoms with van der Waals surface area (Å²) in [6, 6.07) is 4.11. The summed E-state index contributed by atoms with van der Waals surface area (Å²) in [5.41, 5.74) is 2.15. The lowest BCUT2D eigenvalue weighted by Gasteiger charge is -2.35. The zero-order valence-corrected chi connectivity index (χ0v) is 20.5. The maximum atomic E-state index is 13.4. The van der Waals surface area contributed by atoms with Crippen LogP contribution in [0.5, 0.6) is 0 Å². The van der Waals surface area contributed by atoms with Gasteiger partial charge >= 0.3 is 5.97 Å². The first-order valence-corrected chi connectivity index (χ1v) is 12.1. The average Bonchev–Trinajstić information content (AvgIpc) is 2.77. The molecule has 0 saturated carbocycles. The molecule has 34 heavy (non-hydrogen) atoms. The van der Waals surface area contributed by atoms with E-state index < -0.39 is 18.1 Å². The SMILES string of the molecule is Cc1ccn([C@H](CC(C)C)C(=O)N[C@H](CC(=O)O)c2cncc(N3CCCC[C@@H]3C)c2)c(=O)c1. The van der Waals surface area contributed by atoms with Crippen LogP contribution in [0.15, 0.2) is 41.6 Å². The van der Waals surface area contributed by atoms with Crippen molar-refractivity contribution in [1.82, 2.24) is 14.9 Å². The number of aryl methyl sites for hydroxylation is 1. The molecule has 1 aliphatic rings. The fourth-order valence-electron chi connectivity index (χ4n) is 4.61. The Morgan fingerprint density at radius 1 is 1.24 bits per heavy atom. The standard InChI is InChI=1S/C26H36N4O4/c1-17(2)11-23(30-10-8-18(3)12-24(30)31)26(34)28-22(14-25(32)33)20-13-21(16-27-15-20)29-9-6-5-7-19(29)4/h8,10,12-13,15-17,19,22-23H,5-7,9,11,14H2,1-4H3,(H,28,34)(H,32,33)/t19-,22+,23+/m0/s1. The molecular formula is C26H36N4O4. The van der Waals surface area contributed by atoms with Crippen molar-refractivity contribution >= 4 is 17.6 Å². The van der Waals surface area contributed by atoms with E-state index in [1.165, 1.54) is 17.1 Å². The molecule has 8 nitrogen and oxygen atoms in total. The van der Waals surface area contributed by atoms with Crippen molar-refractivity contribution < 1.29 is 14.7 Å². The monoisotopic (exact) mass is 468 g/mol. The second-order valence-electron chi connectivity index (χ2n) is 9.77. The van der Waals surface area contributed by atoms with Crippen molar-refractivity contribution in [3.8, 4) is 0 Å². The average molecular weight is 469 g/mol. The van der Waals surface area contributed by atoms with Crippen molar-refractivity contribution in [2.75, 3.05) is 11.4 Å². The molecule has 3 rings (SSSR count). The summed E-state index contributed by atoms with van der Waals surface area (Å²) in [4.78, 5) is 44.4. The summed E-state index contributed by atoms with van der Waals surface area (Å²) < 4.78 is 1.43. The molecule has 2 aromatic rings. The fraction of sp³-hybridized carbons (Fsp3) is 0.538. The van der Waals surface area contributed by atoms with Crippen LogP contribution in [0.2, 0.25) is 0 Å². The summed E-state index contributed by atoms with van der Waals surface area (Å²) >= 11 is 0. The molecule has 0 aromatic carbocycles. The quantitative estimate of drug-likeness (QED) is 0.579. The highest BCUT2D eigenvalue weighted by Gasteiger charge is 2.28. The van der Waals surface area contributed by atoms with Crippen molar-refractivity contribution in [2.24, 2.45) is 5.92 Å². The van der Waals surface area contributed by atoms with E-state index in [9.17, 15) is 19.5 Å². The van der Waals surface area contributed by atoms with Gasteiger partial charge in [-0.05, 0) is 68.7 Å². The number of aromatic nitrogens is 2. The minimum absolute atomic E-state index is 0.160. The van der Waals surface area contributed by atoms with Gasteiger partial charge in [0, 0.05) is 31.0 Å². The zero-order valence-electron chi connectivity index (χ0n) is 20.5. The minimum atomic E-state index is -1.02. The molecular weight excluding hydrogens is 432 g/mol. The number of piperidine rings is 1. The summed E-state index contributed by atoms with van der Waals surface area (Å²) in [6.07, 6.45) is 8.62. The first kappa shape index (κ1) is 25.5. The maximum absolute atomic E-state index is 13.4. The Morgan fingerprint density at radius 3 is 2.65 bits per heavy atom. The number of carbonyl (C=O) groups is 2. The largest absolute Gasteiger partial charge is 0.481 e. The second kappa shape index (κ2) is 11.3. The number of amides is 1.